The van der Waals surface area contributed by atoms with Crippen molar-refractivity contribution in [2.75, 3.05) is 7.11 Å². The second-order valence-electron chi connectivity index (χ2n) is 4.63. The topological polar surface area (TPSA) is 39.9 Å². The number of methoxy groups -OCH3 is 1. The van der Waals surface area contributed by atoms with Gasteiger partial charge in [0.25, 0.3) is 0 Å². The van der Waals surface area contributed by atoms with Crippen molar-refractivity contribution in [1.29, 1.82) is 0 Å². The van der Waals surface area contributed by atoms with E-state index in [4.69, 9.17) is 16.3 Å². The number of nitrogens with zero attached hydrogens (tertiary/aromatic N) is 3. The van der Waals surface area contributed by atoms with Crippen molar-refractivity contribution < 1.29 is 4.74 Å². The maximum atomic E-state index is 5.96. The minimum absolute atomic E-state index is 0.490. The molecule has 102 valence electrons. The molecule has 0 radical (unpaired) electrons. The summed E-state index contributed by atoms with van der Waals surface area (Å²) in [5.74, 6) is 0.808. The molecule has 3 aromatic heterocycles. The fourth-order valence-corrected chi connectivity index (χ4v) is 2.64. The smallest absolute Gasteiger partial charge is 0.131 e. The summed E-state index contributed by atoms with van der Waals surface area (Å²) in [5.41, 5.74) is 3.97. The first-order chi connectivity index (χ1) is 9.61. The third-order valence-electron chi connectivity index (χ3n) is 3.47. The molecule has 0 amide bonds. The highest BCUT2D eigenvalue weighted by Gasteiger charge is 2.15. The highest BCUT2D eigenvalue weighted by atomic mass is 35.5. The van der Waals surface area contributed by atoms with E-state index in [-0.39, 0.29) is 0 Å². The Morgan fingerprint density at radius 1 is 1.25 bits per heavy atom. The van der Waals surface area contributed by atoms with Gasteiger partial charge in [-0.05, 0) is 25.1 Å². The zero-order valence-corrected chi connectivity index (χ0v) is 12.3. The van der Waals surface area contributed by atoms with Crippen molar-refractivity contribution >= 4 is 22.5 Å². The van der Waals surface area contributed by atoms with Crippen LogP contribution in [0.1, 0.15) is 5.69 Å². The third-order valence-corrected chi connectivity index (χ3v) is 3.68. The molecule has 0 aromatic carbocycles. The number of ether oxygens (including phenoxy) is 1. The summed E-state index contributed by atoms with van der Waals surface area (Å²) in [5, 5.41) is 1.54. The predicted octanol–water partition coefficient (Wildman–Crippen LogP) is 3.61. The van der Waals surface area contributed by atoms with Crippen LogP contribution in [0.25, 0.3) is 22.2 Å². The van der Waals surface area contributed by atoms with Crippen LogP contribution in [0.3, 0.4) is 0 Å². The lowest BCUT2D eigenvalue weighted by Crippen LogP contribution is -1.98. The molecule has 20 heavy (non-hydrogen) atoms. The third kappa shape index (κ3) is 1.93. The van der Waals surface area contributed by atoms with Gasteiger partial charge in [-0.2, -0.15) is 0 Å². The average Bonchev–Trinajstić information content (AvgIpc) is 2.74. The maximum Gasteiger partial charge on any atom is 0.131 e. The molecule has 4 nitrogen and oxygen atoms in total. The number of fused-ring (bicyclic) bond motifs is 1. The van der Waals surface area contributed by atoms with Gasteiger partial charge in [-0.1, -0.05) is 11.6 Å². The highest BCUT2D eigenvalue weighted by Crippen LogP contribution is 2.35. The standard InChI is InChI=1S/C15H14ClN3O/c1-9-15(13(20-3)4-5-17-9)11-6-10-7-14(16)18-8-12(10)19(11)2/h4-8H,1-3H3. The lowest BCUT2D eigenvalue weighted by molar-refractivity contribution is 0.415. The lowest BCUT2D eigenvalue weighted by atomic mass is 10.1. The van der Waals surface area contributed by atoms with Gasteiger partial charge in [0, 0.05) is 18.6 Å². The normalized spacial score (nSPS) is 11.0. The van der Waals surface area contributed by atoms with Crippen molar-refractivity contribution in [3.05, 3.63) is 41.4 Å². The number of hydrogen-bond donors (Lipinski definition) is 0. The van der Waals surface area contributed by atoms with Crippen LogP contribution in [0, 0.1) is 6.92 Å². The van der Waals surface area contributed by atoms with Gasteiger partial charge in [-0.3, -0.25) is 4.98 Å². The van der Waals surface area contributed by atoms with E-state index >= 15 is 0 Å². The minimum Gasteiger partial charge on any atom is -0.496 e. The molecule has 0 aliphatic carbocycles. The molecule has 0 aliphatic heterocycles. The molecule has 5 heteroatoms. The predicted molar refractivity (Wildman–Crippen MR) is 80.2 cm³/mol. The van der Waals surface area contributed by atoms with Crippen molar-refractivity contribution in [3.63, 3.8) is 0 Å². The summed E-state index contributed by atoms with van der Waals surface area (Å²) >= 11 is 5.96. The minimum atomic E-state index is 0.490. The van der Waals surface area contributed by atoms with E-state index in [0.29, 0.717) is 5.15 Å². The fraction of sp³-hybridized carbons (Fsp3) is 0.200. The maximum absolute atomic E-state index is 5.96. The van der Waals surface area contributed by atoms with E-state index in [9.17, 15) is 0 Å². The molecule has 0 spiro atoms. The highest BCUT2D eigenvalue weighted by molar-refractivity contribution is 6.30. The van der Waals surface area contributed by atoms with Crippen molar-refractivity contribution in [2.45, 2.75) is 6.92 Å². The average molecular weight is 288 g/mol. The zero-order chi connectivity index (χ0) is 14.3. The molecule has 0 fully saturated rings. The fourth-order valence-electron chi connectivity index (χ4n) is 2.47. The first kappa shape index (κ1) is 12.9. The number of aryl methyl sites for hydroxylation is 2. The Hall–Kier alpha value is -2.07. The Balaban J connectivity index is 2.33. The number of aromatic nitrogens is 3. The second-order valence-corrected chi connectivity index (χ2v) is 5.02. The van der Waals surface area contributed by atoms with E-state index in [2.05, 4.69) is 20.6 Å². The summed E-state index contributed by atoms with van der Waals surface area (Å²) in [7, 11) is 3.67. The SMILES string of the molecule is COc1ccnc(C)c1-c1cc2cc(Cl)ncc2n1C. The van der Waals surface area contributed by atoms with Crippen LogP contribution in [0.15, 0.2) is 30.6 Å². The summed E-state index contributed by atoms with van der Waals surface area (Å²) in [6.07, 6.45) is 3.53. The summed E-state index contributed by atoms with van der Waals surface area (Å²) in [6, 6.07) is 5.80. The molecule has 0 saturated heterocycles. The Kier molecular flexibility index (Phi) is 3.10. The first-order valence-electron chi connectivity index (χ1n) is 6.22. The van der Waals surface area contributed by atoms with Gasteiger partial charge in [-0.15, -0.1) is 0 Å². The van der Waals surface area contributed by atoms with Gasteiger partial charge < -0.3 is 9.30 Å². The van der Waals surface area contributed by atoms with Crippen LogP contribution in [-0.4, -0.2) is 21.6 Å². The second kappa shape index (κ2) is 4.80. The van der Waals surface area contributed by atoms with E-state index in [0.717, 1.165) is 33.6 Å². The Bertz CT molecular complexity index is 795. The summed E-state index contributed by atoms with van der Waals surface area (Å²) < 4.78 is 7.53. The van der Waals surface area contributed by atoms with Crippen LogP contribution in [-0.2, 0) is 7.05 Å². The molecule has 0 aliphatic rings. The van der Waals surface area contributed by atoms with Gasteiger partial charge in [0.05, 0.1) is 35.8 Å². The molecule has 3 rings (SSSR count). The Labute approximate surface area is 122 Å². The summed E-state index contributed by atoms with van der Waals surface area (Å²) in [6.45, 7) is 1.97. The molecule has 3 heterocycles. The van der Waals surface area contributed by atoms with Gasteiger partial charge in [0.1, 0.15) is 10.9 Å². The van der Waals surface area contributed by atoms with E-state index in [1.807, 2.05) is 26.1 Å². The summed E-state index contributed by atoms with van der Waals surface area (Å²) in [4.78, 5) is 8.50. The van der Waals surface area contributed by atoms with Gasteiger partial charge in [0.2, 0.25) is 0 Å². The molecular formula is C15H14ClN3O. The van der Waals surface area contributed by atoms with Crippen LogP contribution < -0.4 is 4.74 Å². The quantitative estimate of drug-likeness (QED) is 0.676. The van der Waals surface area contributed by atoms with Crippen LogP contribution in [0.5, 0.6) is 5.75 Å². The molecule has 0 bridgehead atoms. The van der Waals surface area contributed by atoms with Gasteiger partial charge in [0.15, 0.2) is 0 Å². The lowest BCUT2D eigenvalue weighted by Gasteiger charge is -2.11. The molecule has 0 atom stereocenters. The Morgan fingerprint density at radius 3 is 2.80 bits per heavy atom. The largest absolute Gasteiger partial charge is 0.496 e. The van der Waals surface area contributed by atoms with Crippen LogP contribution in [0.4, 0.5) is 0 Å². The van der Waals surface area contributed by atoms with Crippen molar-refractivity contribution in [2.24, 2.45) is 7.05 Å². The van der Waals surface area contributed by atoms with Crippen LogP contribution in [0.2, 0.25) is 5.15 Å². The van der Waals surface area contributed by atoms with Gasteiger partial charge in [-0.25, -0.2) is 4.98 Å². The number of halogens is 1. The first-order valence-corrected chi connectivity index (χ1v) is 6.60. The number of hydrogen-bond acceptors (Lipinski definition) is 3. The Morgan fingerprint density at radius 2 is 2.05 bits per heavy atom. The molecule has 3 aromatic rings. The van der Waals surface area contributed by atoms with E-state index in [1.165, 1.54) is 0 Å². The zero-order valence-electron chi connectivity index (χ0n) is 11.5. The van der Waals surface area contributed by atoms with E-state index < -0.39 is 0 Å². The van der Waals surface area contributed by atoms with E-state index in [1.54, 1.807) is 19.5 Å². The van der Waals surface area contributed by atoms with Crippen molar-refractivity contribution in [3.8, 4) is 17.0 Å². The van der Waals surface area contributed by atoms with Gasteiger partial charge >= 0.3 is 0 Å². The number of pyridine rings is 2. The van der Waals surface area contributed by atoms with Crippen LogP contribution >= 0.6 is 11.6 Å². The number of rotatable bonds is 2. The monoisotopic (exact) mass is 287 g/mol. The molecule has 0 saturated carbocycles. The van der Waals surface area contributed by atoms with Crippen molar-refractivity contribution in [1.82, 2.24) is 14.5 Å². The molecular weight excluding hydrogens is 274 g/mol. The molecule has 0 N–H and O–H groups in total. The molecule has 0 unspecified atom stereocenters.